The van der Waals surface area contributed by atoms with Crippen LogP contribution in [0.2, 0.25) is 0 Å². The topological polar surface area (TPSA) is 15.3 Å². The summed E-state index contributed by atoms with van der Waals surface area (Å²) in [5.41, 5.74) is 4.76. The van der Waals surface area contributed by atoms with Gasteiger partial charge in [-0.3, -0.25) is 0 Å². The Morgan fingerprint density at radius 1 is 1.14 bits per heavy atom. The van der Waals surface area contributed by atoms with Gasteiger partial charge in [-0.15, -0.1) is 11.8 Å². The van der Waals surface area contributed by atoms with Crippen molar-refractivity contribution in [2.75, 3.05) is 18.6 Å². The Kier molecular flexibility index (Phi) is 5.86. The summed E-state index contributed by atoms with van der Waals surface area (Å²) in [6.07, 6.45) is 2.09. The Bertz CT molecular complexity index is 651. The van der Waals surface area contributed by atoms with Gasteiger partial charge in [-0.25, -0.2) is 0 Å². The minimum Gasteiger partial charge on any atom is -0.348 e. The lowest BCUT2D eigenvalue weighted by atomic mass is 10.1. The second-order valence-corrected chi connectivity index (χ2v) is 6.72. The highest BCUT2D eigenvalue weighted by atomic mass is 32.2. The van der Waals surface area contributed by atoms with Gasteiger partial charge >= 0.3 is 0 Å². The van der Waals surface area contributed by atoms with E-state index in [4.69, 9.17) is 12.2 Å². The molecule has 1 N–H and O–H groups in total. The first-order valence-electron chi connectivity index (χ1n) is 7.22. The molecular weight excluding hydrogens is 308 g/mol. The number of hydrogen-bond acceptors (Lipinski definition) is 2. The summed E-state index contributed by atoms with van der Waals surface area (Å²) in [7, 11) is 2.02. The summed E-state index contributed by atoms with van der Waals surface area (Å²) in [4.78, 5) is 3.34. The SMILES string of the molecule is CSc1ccc(CN(C)C(=S)Nc2cc(C)ccc2C)cc1. The van der Waals surface area contributed by atoms with Gasteiger partial charge in [0.05, 0.1) is 0 Å². The number of nitrogens with zero attached hydrogens (tertiary/aromatic N) is 1. The van der Waals surface area contributed by atoms with Crippen LogP contribution in [-0.4, -0.2) is 23.3 Å². The van der Waals surface area contributed by atoms with E-state index in [2.05, 4.69) is 72.8 Å². The van der Waals surface area contributed by atoms with Crippen molar-refractivity contribution in [1.82, 2.24) is 4.90 Å². The molecule has 2 rings (SSSR count). The first-order chi connectivity index (χ1) is 10.5. The van der Waals surface area contributed by atoms with E-state index in [0.717, 1.165) is 17.3 Å². The van der Waals surface area contributed by atoms with Crippen molar-refractivity contribution in [3.05, 3.63) is 59.2 Å². The van der Waals surface area contributed by atoms with E-state index in [9.17, 15) is 0 Å². The van der Waals surface area contributed by atoms with Gasteiger partial charge in [-0.05, 0) is 67.2 Å². The van der Waals surface area contributed by atoms with Crippen LogP contribution in [0.4, 0.5) is 5.69 Å². The van der Waals surface area contributed by atoms with Crippen LogP contribution in [0.3, 0.4) is 0 Å². The zero-order valence-electron chi connectivity index (χ0n) is 13.5. The van der Waals surface area contributed by atoms with Gasteiger partial charge in [0, 0.05) is 24.2 Å². The largest absolute Gasteiger partial charge is 0.348 e. The minimum absolute atomic E-state index is 0.739. The molecule has 22 heavy (non-hydrogen) atoms. The van der Waals surface area contributed by atoms with E-state index in [-0.39, 0.29) is 0 Å². The lowest BCUT2D eigenvalue weighted by molar-refractivity contribution is 0.508. The fourth-order valence-corrected chi connectivity index (χ4v) is 2.74. The molecule has 0 aromatic heterocycles. The molecule has 0 spiro atoms. The average molecular weight is 331 g/mol. The van der Waals surface area contributed by atoms with E-state index in [1.807, 2.05) is 7.05 Å². The maximum Gasteiger partial charge on any atom is 0.173 e. The van der Waals surface area contributed by atoms with Crippen LogP contribution in [0, 0.1) is 13.8 Å². The fourth-order valence-electron chi connectivity index (χ4n) is 2.16. The van der Waals surface area contributed by atoms with Crippen molar-refractivity contribution in [3.63, 3.8) is 0 Å². The molecular formula is C18H22N2S2. The van der Waals surface area contributed by atoms with Crippen LogP contribution in [0.5, 0.6) is 0 Å². The second kappa shape index (κ2) is 7.65. The zero-order chi connectivity index (χ0) is 16.1. The third-order valence-electron chi connectivity index (χ3n) is 3.56. The number of hydrogen-bond donors (Lipinski definition) is 1. The van der Waals surface area contributed by atoms with Gasteiger partial charge < -0.3 is 10.2 Å². The Hall–Kier alpha value is -1.52. The van der Waals surface area contributed by atoms with Gasteiger partial charge in [0.15, 0.2) is 5.11 Å². The summed E-state index contributed by atoms with van der Waals surface area (Å²) in [5, 5.41) is 4.09. The molecule has 0 fully saturated rings. The zero-order valence-corrected chi connectivity index (χ0v) is 15.1. The predicted octanol–water partition coefficient (Wildman–Crippen LogP) is 4.85. The van der Waals surface area contributed by atoms with Gasteiger partial charge in [0.2, 0.25) is 0 Å². The molecule has 0 atom stereocenters. The van der Waals surface area contributed by atoms with Crippen LogP contribution < -0.4 is 5.32 Å². The molecule has 0 heterocycles. The van der Waals surface area contributed by atoms with E-state index in [1.165, 1.54) is 21.6 Å². The van der Waals surface area contributed by atoms with Crippen molar-refractivity contribution >= 4 is 34.8 Å². The third kappa shape index (κ3) is 4.49. The summed E-state index contributed by atoms with van der Waals surface area (Å²) in [6.45, 7) is 4.97. The summed E-state index contributed by atoms with van der Waals surface area (Å²) in [5.74, 6) is 0. The van der Waals surface area contributed by atoms with Gasteiger partial charge in [0.25, 0.3) is 0 Å². The summed E-state index contributed by atoms with van der Waals surface area (Å²) >= 11 is 7.28. The Morgan fingerprint density at radius 3 is 2.45 bits per heavy atom. The van der Waals surface area contributed by atoms with E-state index in [0.29, 0.717) is 0 Å². The molecule has 0 radical (unpaired) electrons. The van der Waals surface area contributed by atoms with Gasteiger partial charge in [-0.1, -0.05) is 24.3 Å². The molecule has 0 aliphatic heterocycles. The minimum atomic E-state index is 0.739. The molecule has 4 heteroatoms. The molecule has 0 saturated heterocycles. The molecule has 0 unspecified atom stereocenters. The van der Waals surface area contributed by atoms with E-state index < -0.39 is 0 Å². The molecule has 0 amide bonds. The maximum atomic E-state index is 5.52. The first-order valence-corrected chi connectivity index (χ1v) is 8.85. The second-order valence-electron chi connectivity index (χ2n) is 5.45. The smallest absolute Gasteiger partial charge is 0.173 e. The fraction of sp³-hybridized carbons (Fsp3) is 0.278. The lowest BCUT2D eigenvalue weighted by Gasteiger charge is -2.22. The standard InChI is InChI=1S/C18H22N2S2/c1-13-5-6-14(2)17(11-13)19-18(21)20(3)12-15-7-9-16(22-4)10-8-15/h5-11H,12H2,1-4H3,(H,19,21). The highest BCUT2D eigenvalue weighted by Gasteiger charge is 2.07. The summed E-state index contributed by atoms with van der Waals surface area (Å²) < 4.78 is 0. The van der Waals surface area contributed by atoms with Crippen LogP contribution in [0.1, 0.15) is 16.7 Å². The van der Waals surface area contributed by atoms with Crippen molar-refractivity contribution in [1.29, 1.82) is 0 Å². The normalized spacial score (nSPS) is 10.4. The molecule has 0 bridgehead atoms. The first kappa shape index (κ1) is 16.8. The van der Waals surface area contributed by atoms with Crippen LogP contribution in [0.15, 0.2) is 47.4 Å². The number of anilines is 1. The molecule has 2 nitrogen and oxygen atoms in total. The highest BCUT2D eigenvalue weighted by Crippen LogP contribution is 2.18. The third-order valence-corrected chi connectivity index (χ3v) is 4.72. The van der Waals surface area contributed by atoms with Crippen molar-refractivity contribution < 1.29 is 0 Å². The van der Waals surface area contributed by atoms with E-state index in [1.54, 1.807) is 11.8 Å². The molecule has 2 aromatic carbocycles. The van der Waals surface area contributed by atoms with Gasteiger partial charge in [0.1, 0.15) is 0 Å². The van der Waals surface area contributed by atoms with E-state index >= 15 is 0 Å². The summed E-state index contributed by atoms with van der Waals surface area (Å²) in [6, 6.07) is 15.0. The quantitative estimate of drug-likeness (QED) is 0.636. The number of thioether (sulfide) groups is 1. The average Bonchev–Trinajstić information content (AvgIpc) is 2.51. The Morgan fingerprint density at radius 2 is 1.82 bits per heavy atom. The number of benzene rings is 2. The molecule has 2 aromatic rings. The predicted molar refractivity (Wildman–Crippen MR) is 102 cm³/mol. The highest BCUT2D eigenvalue weighted by molar-refractivity contribution is 7.98. The van der Waals surface area contributed by atoms with Crippen molar-refractivity contribution in [2.24, 2.45) is 0 Å². The number of aryl methyl sites for hydroxylation is 2. The van der Waals surface area contributed by atoms with Crippen molar-refractivity contribution in [3.8, 4) is 0 Å². The number of nitrogens with one attached hydrogen (secondary N) is 1. The van der Waals surface area contributed by atoms with Gasteiger partial charge in [-0.2, -0.15) is 0 Å². The molecule has 0 aliphatic rings. The number of thiocarbonyl (C=S) groups is 1. The molecule has 0 saturated carbocycles. The van der Waals surface area contributed by atoms with Crippen LogP contribution in [0.25, 0.3) is 0 Å². The molecule has 116 valence electrons. The monoisotopic (exact) mass is 330 g/mol. The Labute approximate surface area is 142 Å². The van der Waals surface area contributed by atoms with Crippen LogP contribution >= 0.6 is 24.0 Å². The van der Waals surface area contributed by atoms with Crippen molar-refractivity contribution in [2.45, 2.75) is 25.3 Å². The maximum absolute atomic E-state index is 5.52. The lowest BCUT2D eigenvalue weighted by Crippen LogP contribution is -2.30. The van der Waals surface area contributed by atoms with Crippen LogP contribution in [-0.2, 0) is 6.54 Å². The Balaban J connectivity index is 2.00. The number of rotatable bonds is 4. The molecule has 0 aliphatic carbocycles.